The number of hydrogen-bond donors (Lipinski definition) is 1. The highest BCUT2D eigenvalue weighted by Crippen LogP contribution is 1.89. The lowest BCUT2D eigenvalue weighted by Crippen LogP contribution is -2.31. The Labute approximate surface area is 146 Å². The molecule has 0 saturated carbocycles. The zero-order valence-electron chi connectivity index (χ0n) is 15.9. The van der Waals surface area contributed by atoms with E-state index in [0.29, 0.717) is 52.8 Å². The fraction of sp³-hybridized carbons (Fsp3) is 0.882. The Kier molecular flexibility index (Phi) is 21.0. The van der Waals surface area contributed by atoms with Gasteiger partial charge in [-0.25, -0.2) is 0 Å². The second-order valence-corrected chi connectivity index (χ2v) is 5.04. The number of amides is 1. The van der Waals surface area contributed by atoms with Crippen molar-refractivity contribution in [2.75, 3.05) is 59.4 Å². The number of hydrogen-bond acceptors (Lipinski definition) is 6. The molecule has 0 bridgehead atoms. The molecule has 0 heterocycles. The minimum Gasteiger partial charge on any atom is -0.377 e. The third kappa shape index (κ3) is 21.0. The van der Waals surface area contributed by atoms with Gasteiger partial charge in [-0.3, -0.25) is 9.59 Å². The number of carbonyl (C=O) groups is 2. The summed E-state index contributed by atoms with van der Waals surface area (Å²) in [7, 11) is 0. The maximum Gasteiger partial charge on any atom is 0.222 e. The molecule has 0 aromatic carbocycles. The third-order valence-electron chi connectivity index (χ3n) is 2.49. The van der Waals surface area contributed by atoms with Gasteiger partial charge in [0.2, 0.25) is 5.91 Å². The summed E-state index contributed by atoms with van der Waals surface area (Å²) in [5, 5.41) is 2.77. The van der Waals surface area contributed by atoms with E-state index in [4.69, 9.17) is 18.9 Å². The van der Waals surface area contributed by atoms with Crippen molar-refractivity contribution in [3.05, 3.63) is 0 Å². The van der Waals surface area contributed by atoms with Crippen molar-refractivity contribution < 1.29 is 28.5 Å². The lowest BCUT2D eigenvalue weighted by molar-refractivity contribution is -0.124. The molecule has 0 atom stereocenters. The highest BCUT2D eigenvalue weighted by Gasteiger charge is 2.04. The second-order valence-electron chi connectivity index (χ2n) is 5.04. The van der Waals surface area contributed by atoms with E-state index in [9.17, 15) is 9.59 Å². The average molecular weight is 349 g/mol. The minimum absolute atomic E-state index is 0.00352. The molecule has 0 aliphatic heterocycles. The molecule has 0 saturated heterocycles. The predicted octanol–water partition coefficient (Wildman–Crippen LogP) is 1.44. The number of rotatable bonds is 15. The Bertz CT molecular complexity index is 297. The first kappa shape index (κ1) is 25.2. The summed E-state index contributed by atoms with van der Waals surface area (Å²) in [5.41, 5.74) is 0. The van der Waals surface area contributed by atoms with Crippen LogP contribution in [0.15, 0.2) is 0 Å². The number of ketones is 1. The molecule has 1 amide bonds. The predicted molar refractivity (Wildman–Crippen MR) is 93.2 cm³/mol. The van der Waals surface area contributed by atoms with Crippen molar-refractivity contribution in [2.45, 2.75) is 34.6 Å². The van der Waals surface area contributed by atoms with Crippen LogP contribution in [-0.4, -0.2) is 71.1 Å². The SMILES string of the molecule is CC.CC(=O)COCCOCCOCCOCCNC(=O)C(C)C. The fourth-order valence-corrected chi connectivity index (χ4v) is 1.33. The van der Waals surface area contributed by atoms with E-state index < -0.39 is 0 Å². The fourth-order valence-electron chi connectivity index (χ4n) is 1.33. The summed E-state index contributed by atoms with van der Waals surface area (Å²) >= 11 is 0. The molecule has 0 unspecified atom stereocenters. The molecule has 0 aromatic rings. The Morgan fingerprint density at radius 3 is 1.62 bits per heavy atom. The first-order valence-corrected chi connectivity index (χ1v) is 8.62. The van der Waals surface area contributed by atoms with E-state index in [0.717, 1.165) is 0 Å². The van der Waals surface area contributed by atoms with Crippen LogP contribution in [0.2, 0.25) is 0 Å². The molecular weight excluding hydrogens is 314 g/mol. The van der Waals surface area contributed by atoms with Crippen molar-refractivity contribution in [1.29, 1.82) is 0 Å². The van der Waals surface area contributed by atoms with Crippen LogP contribution in [0, 0.1) is 5.92 Å². The standard InChI is InChI=1S/C15H29NO6.C2H6/c1-13(2)15(18)16-4-5-19-6-7-20-8-9-21-10-11-22-12-14(3)17;1-2/h13H,4-12H2,1-3H3,(H,16,18);1-2H3. The van der Waals surface area contributed by atoms with Gasteiger partial charge >= 0.3 is 0 Å². The highest BCUT2D eigenvalue weighted by atomic mass is 16.6. The molecule has 144 valence electrons. The molecule has 24 heavy (non-hydrogen) atoms. The van der Waals surface area contributed by atoms with Gasteiger partial charge in [-0.1, -0.05) is 27.7 Å². The Morgan fingerprint density at radius 1 is 0.792 bits per heavy atom. The van der Waals surface area contributed by atoms with E-state index in [1.165, 1.54) is 6.92 Å². The van der Waals surface area contributed by atoms with Gasteiger partial charge in [-0.2, -0.15) is 0 Å². The summed E-state index contributed by atoms with van der Waals surface area (Å²) in [6.07, 6.45) is 0. The molecule has 0 aliphatic carbocycles. The number of Topliss-reactive ketones (excluding diaryl/α,β-unsaturated/α-hetero) is 1. The maximum atomic E-state index is 11.2. The van der Waals surface area contributed by atoms with Crippen molar-refractivity contribution in [3.8, 4) is 0 Å². The quantitative estimate of drug-likeness (QED) is 0.451. The minimum atomic E-state index is -0.00352. The molecule has 0 fully saturated rings. The van der Waals surface area contributed by atoms with E-state index in [1.54, 1.807) is 0 Å². The van der Waals surface area contributed by atoms with Crippen LogP contribution < -0.4 is 5.32 Å². The van der Waals surface area contributed by atoms with Crippen LogP contribution in [0.25, 0.3) is 0 Å². The number of nitrogens with one attached hydrogen (secondary N) is 1. The largest absolute Gasteiger partial charge is 0.377 e. The van der Waals surface area contributed by atoms with Crippen molar-refractivity contribution in [1.82, 2.24) is 5.32 Å². The van der Waals surface area contributed by atoms with Crippen LogP contribution >= 0.6 is 0 Å². The van der Waals surface area contributed by atoms with Crippen molar-refractivity contribution in [2.24, 2.45) is 5.92 Å². The van der Waals surface area contributed by atoms with Crippen molar-refractivity contribution in [3.63, 3.8) is 0 Å². The lowest BCUT2D eigenvalue weighted by Gasteiger charge is -2.09. The second kappa shape index (κ2) is 20.0. The Hall–Kier alpha value is -1.02. The maximum absolute atomic E-state index is 11.2. The molecular formula is C17H35NO6. The molecule has 7 nitrogen and oxygen atoms in total. The third-order valence-corrected chi connectivity index (χ3v) is 2.49. The van der Waals surface area contributed by atoms with E-state index in [1.807, 2.05) is 27.7 Å². The van der Waals surface area contributed by atoms with Crippen LogP contribution in [0.3, 0.4) is 0 Å². The van der Waals surface area contributed by atoms with Crippen LogP contribution in [-0.2, 0) is 28.5 Å². The molecule has 1 N–H and O–H groups in total. The molecule has 0 aliphatic rings. The molecule has 7 heteroatoms. The van der Waals surface area contributed by atoms with Crippen LogP contribution in [0.5, 0.6) is 0 Å². The van der Waals surface area contributed by atoms with E-state index in [2.05, 4.69) is 5.32 Å². The molecule has 0 rings (SSSR count). The zero-order chi connectivity index (χ0) is 18.6. The van der Waals surface area contributed by atoms with Gasteiger partial charge in [-0.15, -0.1) is 0 Å². The summed E-state index contributed by atoms with van der Waals surface area (Å²) in [6, 6.07) is 0. The van der Waals surface area contributed by atoms with Crippen LogP contribution in [0.4, 0.5) is 0 Å². The van der Waals surface area contributed by atoms with Gasteiger partial charge in [0.15, 0.2) is 5.78 Å². The Balaban J connectivity index is 0. The molecule has 0 spiro atoms. The van der Waals surface area contributed by atoms with Gasteiger partial charge in [0.05, 0.1) is 46.2 Å². The summed E-state index contributed by atoms with van der Waals surface area (Å²) in [5.74, 6) is 0.0348. The zero-order valence-corrected chi connectivity index (χ0v) is 15.9. The highest BCUT2D eigenvalue weighted by molar-refractivity contribution is 5.77. The Morgan fingerprint density at radius 2 is 1.21 bits per heavy atom. The van der Waals surface area contributed by atoms with Crippen LogP contribution in [0.1, 0.15) is 34.6 Å². The summed E-state index contributed by atoms with van der Waals surface area (Å²) in [4.78, 5) is 21.8. The monoisotopic (exact) mass is 349 g/mol. The van der Waals surface area contributed by atoms with E-state index in [-0.39, 0.29) is 24.2 Å². The van der Waals surface area contributed by atoms with Gasteiger partial charge < -0.3 is 24.3 Å². The van der Waals surface area contributed by atoms with Gasteiger partial charge in [0.25, 0.3) is 0 Å². The smallest absolute Gasteiger partial charge is 0.222 e. The topological polar surface area (TPSA) is 83.1 Å². The molecule has 0 aromatic heterocycles. The van der Waals surface area contributed by atoms with E-state index >= 15 is 0 Å². The average Bonchev–Trinajstić information content (AvgIpc) is 2.56. The lowest BCUT2D eigenvalue weighted by atomic mass is 10.2. The first-order chi connectivity index (χ1) is 11.5. The van der Waals surface area contributed by atoms with Gasteiger partial charge in [0, 0.05) is 12.5 Å². The molecule has 0 radical (unpaired) electrons. The van der Waals surface area contributed by atoms with Gasteiger partial charge in [0.1, 0.15) is 6.61 Å². The first-order valence-electron chi connectivity index (χ1n) is 8.62. The van der Waals surface area contributed by atoms with Crippen molar-refractivity contribution >= 4 is 11.7 Å². The number of carbonyl (C=O) groups excluding carboxylic acids is 2. The van der Waals surface area contributed by atoms with Gasteiger partial charge in [-0.05, 0) is 6.92 Å². The normalized spacial score (nSPS) is 10.2. The summed E-state index contributed by atoms with van der Waals surface area (Å²) < 4.78 is 20.9. The summed E-state index contributed by atoms with van der Waals surface area (Å²) in [6.45, 7) is 13.1. The number of ether oxygens (including phenoxy) is 4.